The zero-order valence-electron chi connectivity index (χ0n) is 29.9. The van der Waals surface area contributed by atoms with Crippen LogP contribution >= 0.6 is 0 Å². The summed E-state index contributed by atoms with van der Waals surface area (Å²) >= 11 is 0. The average Bonchev–Trinajstić information content (AvgIpc) is 3.61. The largest absolute Gasteiger partial charge is 0.499 e. The van der Waals surface area contributed by atoms with E-state index in [0.29, 0.717) is 38.0 Å². The van der Waals surface area contributed by atoms with Crippen LogP contribution in [0.3, 0.4) is 0 Å². The van der Waals surface area contributed by atoms with E-state index in [1.807, 2.05) is 48.5 Å². The highest BCUT2D eigenvalue weighted by Gasteiger charge is 2.48. The zero-order chi connectivity index (χ0) is 35.2. The van der Waals surface area contributed by atoms with Gasteiger partial charge in [-0.1, -0.05) is 55.4 Å². The second kappa shape index (κ2) is 16.4. The molecule has 12 nitrogen and oxygen atoms in total. The lowest BCUT2D eigenvalue weighted by Gasteiger charge is -2.38. The highest BCUT2D eigenvalue weighted by atomic mass is 16.6. The van der Waals surface area contributed by atoms with Crippen molar-refractivity contribution in [1.82, 2.24) is 19.6 Å². The maximum Gasteiger partial charge on any atom is 0.329 e. The van der Waals surface area contributed by atoms with Crippen molar-refractivity contribution in [2.24, 2.45) is 23.7 Å². The number of carbonyl (C=O) groups excluding carboxylic acids is 6. The van der Waals surface area contributed by atoms with Crippen LogP contribution in [-0.4, -0.2) is 113 Å². The van der Waals surface area contributed by atoms with Crippen LogP contribution in [0.15, 0.2) is 11.8 Å². The van der Waals surface area contributed by atoms with Crippen molar-refractivity contribution in [3.8, 4) is 0 Å². The monoisotopic (exact) mass is 648 g/mol. The number of hydrogen-bond donors (Lipinski definition) is 0. The second-order valence-electron chi connectivity index (χ2n) is 13.8. The van der Waals surface area contributed by atoms with Crippen molar-refractivity contribution in [2.45, 2.75) is 118 Å². The Labute approximate surface area is 274 Å². The van der Waals surface area contributed by atoms with Gasteiger partial charge in [-0.05, 0) is 43.4 Å². The Morgan fingerprint density at radius 3 is 2.09 bits per heavy atom. The van der Waals surface area contributed by atoms with E-state index in [-0.39, 0.29) is 29.6 Å². The van der Waals surface area contributed by atoms with Crippen molar-refractivity contribution in [3.63, 3.8) is 0 Å². The van der Waals surface area contributed by atoms with Crippen molar-refractivity contribution >= 4 is 35.5 Å². The summed E-state index contributed by atoms with van der Waals surface area (Å²) in [6.45, 7) is 16.7. The lowest BCUT2D eigenvalue weighted by Crippen LogP contribution is -2.59. The van der Waals surface area contributed by atoms with Gasteiger partial charge < -0.3 is 24.2 Å². The van der Waals surface area contributed by atoms with Crippen LogP contribution in [0.1, 0.15) is 88.0 Å². The molecule has 6 atom stereocenters. The average molecular weight is 649 g/mol. The molecular weight excluding hydrogens is 592 g/mol. The van der Waals surface area contributed by atoms with E-state index in [9.17, 15) is 28.8 Å². The third-order valence-electron chi connectivity index (χ3n) is 9.23. The van der Waals surface area contributed by atoms with Crippen LogP contribution in [0, 0.1) is 23.7 Å². The fourth-order valence-electron chi connectivity index (χ4n) is 6.35. The first-order chi connectivity index (χ1) is 21.4. The summed E-state index contributed by atoms with van der Waals surface area (Å²) in [5.74, 6) is -3.17. The SMILES string of the molecule is CC[C@H](C)[C@H](OC(=O)[C@H](CC(C)C)N(C)C(C)=O)C(=O)N(C)[C@H](C(=O)N1CCC[C@@H]1C(=O)N1C(=O)C=C(OC)[C@H]1C(C)C)C(C)C. The normalized spacial score (nSPS) is 20.8. The number of imide groups is 1. The predicted molar refractivity (Wildman–Crippen MR) is 173 cm³/mol. The number of likely N-dealkylation sites (tertiary alicyclic amines) is 1. The molecule has 2 aliphatic heterocycles. The summed E-state index contributed by atoms with van der Waals surface area (Å²) in [6.07, 6.45) is 1.98. The summed E-state index contributed by atoms with van der Waals surface area (Å²) in [6, 6.07) is -3.26. The number of carbonyl (C=O) groups is 6. The number of ether oxygens (including phenoxy) is 2. The molecule has 46 heavy (non-hydrogen) atoms. The highest BCUT2D eigenvalue weighted by Crippen LogP contribution is 2.31. The molecule has 2 aliphatic rings. The molecule has 1 fully saturated rings. The molecule has 0 radical (unpaired) electrons. The fourth-order valence-corrected chi connectivity index (χ4v) is 6.35. The molecular formula is C34H56N4O8. The van der Waals surface area contributed by atoms with Crippen molar-refractivity contribution in [1.29, 1.82) is 0 Å². The number of amides is 5. The van der Waals surface area contributed by atoms with E-state index in [1.165, 1.54) is 53.8 Å². The van der Waals surface area contributed by atoms with E-state index in [4.69, 9.17) is 9.47 Å². The Morgan fingerprint density at radius 2 is 1.61 bits per heavy atom. The second-order valence-corrected chi connectivity index (χ2v) is 13.8. The minimum Gasteiger partial charge on any atom is -0.499 e. The lowest BCUT2D eigenvalue weighted by atomic mass is 9.96. The van der Waals surface area contributed by atoms with Crippen molar-refractivity contribution in [3.05, 3.63) is 11.8 Å². The van der Waals surface area contributed by atoms with Crippen LogP contribution in [0.25, 0.3) is 0 Å². The molecule has 0 unspecified atom stereocenters. The number of likely N-dealkylation sites (N-methyl/N-ethyl adjacent to an activating group) is 2. The van der Waals surface area contributed by atoms with Crippen LogP contribution in [0.4, 0.5) is 0 Å². The zero-order valence-corrected chi connectivity index (χ0v) is 29.9. The molecule has 0 aromatic heterocycles. The first-order valence-corrected chi connectivity index (χ1v) is 16.5. The molecule has 260 valence electrons. The summed E-state index contributed by atoms with van der Waals surface area (Å²) in [5, 5.41) is 0. The highest BCUT2D eigenvalue weighted by molar-refractivity contribution is 6.07. The van der Waals surface area contributed by atoms with Crippen LogP contribution in [0.5, 0.6) is 0 Å². The lowest BCUT2D eigenvalue weighted by molar-refractivity contribution is -0.171. The van der Waals surface area contributed by atoms with Gasteiger partial charge in [0.2, 0.25) is 11.8 Å². The molecule has 0 aromatic rings. The Kier molecular flexibility index (Phi) is 13.8. The van der Waals surface area contributed by atoms with Crippen molar-refractivity contribution < 1.29 is 38.2 Å². The van der Waals surface area contributed by atoms with Crippen LogP contribution in [0.2, 0.25) is 0 Å². The van der Waals surface area contributed by atoms with Crippen molar-refractivity contribution in [2.75, 3.05) is 27.7 Å². The molecule has 12 heteroatoms. The Hall–Kier alpha value is -3.44. The molecule has 2 heterocycles. The van der Waals surface area contributed by atoms with Gasteiger partial charge in [0.15, 0.2) is 6.10 Å². The maximum absolute atomic E-state index is 14.2. The standard InChI is InChI=1S/C34H56N4O8/c1-13-22(8)30(46-34(44)25(17-19(2)3)35(10)23(9)39)33(43)36(11)29(21(6)7)32(42)37-16-14-15-24(37)31(41)38-27(40)18-26(45-12)28(38)20(4)5/h18-22,24-25,28-30H,13-17H2,1-12H3/t22-,24+,25-,28+,29-,30-/m0/s1. The van der Waals surface area contributed by atoms with E-state index in [0.717, 1.165) is 0 Å². The van der Waals surface area contributed by atoms with Crippen LogP contribution in [-0.2, 0) is 38.2 Å². The third-order valence-corrected chi connectivity index (χ3v) is 9.23. The van der Waals surface area contributed by atoms with E-state index in [2.05, 4.69) is 0 Å². The summed E-state index contributed by atoms with van der Waals surface area (Å²) < 4.78 is 11.3. The number of hydrogen-bond acceptors (Lipinski definition) is 8. The molecule has 0 N–H and O–H groups in total. The van der Waals surface area contributed by atoms with Gasteiger partial charge >= 0.3 is 5.97 Å². The van der Waals surface area contributed by atoms with E-state index >= 15 is 0 Å². The van der Waals surface area contributed by atoms with Gasteiger partial charge in [-0.25, -0.2) is 4.79 Å². The van der Waals surface area contributed by atoms with E-state index in [1.54, 1.807) is 6.92 Å². The molecule has 1 saturated heterocycles. The number of esters is 1. The minimum absolute atomic E-state index is 0.0855. The van der Waals surface area contributed by atoms with Gasteiger partial charge in [0.1, 0.15) is 23.9 Å². The van der Waals surface area contributed by atoms with Crippen LogP contribution < -0.4 is 0 Å². The van der Waals surface area contributed by atoms with Gasteiger partial charge in [0, 0.05) is 39.6 Å². The Balaban J connectivity index is 2.37. The Bertz CT molecular complexity index is 1180. The topological polar surface area (TPSA) is 134 Å². The summed E-state index contributed by atoms with van der Waals surface area (Å²) in [7, 11) is 4.52. The quantitative estimate of drug-likeness (QED) is 0.207. The Morgan fingerprint density at radius 1 is 1.00 bits per heavy atom. The van der Waals surface area contributed by atoms with Gasteiger partial charge in [0.05, 0.1) is 13.2 Å². The van der Waals surface area contributed by atoms with E-state index < -0.39 is 59.9 Å². The molecule has 0 saturated carbocycles. The smallest absolute Gasteiger partial charge is 0.329 e. The molecule has 0 bridgehead atoms. The molecule has 2 rings (SSSR count). The first kappa shape index (κ1) is 38.7. The maximum atomic E-state index is 14.2. The molecule has 0 spiro atoms. The number of rotatable bonds is 14. The number of nitrogens with zero attached hydrogens (tertiary/aromatic N) is 4. The molecule has 0 aromatic carbocycles. The summed E-state index contributed by atoms with van der Waals surface area (Å²) in [5.41, 5.74) is 0. The van der Waals surface area contributed by atoms with Gasteiger partial charge in [-0.2, -0.15) is 0 Å². The minimum atomic E-state index is -1.19. The summed E-state index contributed by atoms with van der Waals surface area (Å²) in [4.78, 5) is 86.2. The van der Waals surface area contributed by atoms with Gasteiger partial charge in [-0.3, -0.25) is 28.9 Å². The van der Waals surface area contributed by atoms with Gasteiger partial charge in [-0.15, -0.1) is 0 Å². The fraction of sp³-hybridized carbons (Fsp3) is 0.765. The first-order valence-electron chi connectivity index (χ1n) is 16.5. The third kappa shape index (κ3) is 8.47. The molecule has 0 aliphatic carbocycles. The predicted octanol–water partition coefficient (Wildman–Crippen LogP) is 3.24. The molecule has 5 amide bonds. The number of methoxy groups -OCH3 is 1. The van der Waals surface area contributed by atoms with Gasteiger partial charge in [0.25, 0.3) is 17.7 Å².